The van der Waals surface area contributed by atoms with E-state index in [0.717, 1.165) is 16.8 Å². The first kappa shape index (κ1) is 17.7. The minimum absolute atomic E-state index is 0.193. The maximum atomic E-state index is 12.2. The Bertz CT molecular complexity index is 1200. The van der Waals surface area contributed by atoms with E-state index >= 15 is 0 Å². The van der Waals surface area contributed by atoms with Crippen molar-refractivity contribution in [2.75, 3.05) is 0 Å². The summed E-state index contributed by atoms with van der Waals surface area (Å²) in [5.41, 5.74) is 3.49. The summed E-state index contributed by atoms with van der Waals surface area (Å²) >= 11 is 7.41. The molecule has 1 N–H and O–H groups in total. The highest BCUT2D eigenvalue weighted by Gasteiger charge is 2.13. The van der Waals surface area contributed by atoms with Crippen molar-refractivity contribution in [2.24, 2.45) is 0 Å². The Morgan fingerprint density at radius 3 is 2.89 bits per heavy atom. The Morgan fingerprint density at radius 2 is 2.04 bits per heavy atom. The molecule has 0 fully saturated rings. The summed E-state index contributed by atoms with van der Waals surface area (Å²) in [7, 11) is 0. The lowest BCUT2D eigenvalue weighted by atomic mass is 10.1. The summed E-state index contributed by atoms with van der Waals surface area (Å²) in [5.74, 6) is 0.957. The normalized spacial score (nSPS) is 11.2. The smallest absolute Gasteiger partial charge is 0.258 e. The highest BCUT2D eigenvalue weighted by Crippen LogP contribution is 2.24. The van der Waals surface area contributed by atoms with Crippen LogP contribution in [0.2, 0.25) is 5.02 Å². The first-order chi connectivity index (χ1) is 13.0. The summed E-state index contributed by atoms with van der Waals surface area (Å²) in [4.78, 5) is 19.5. The average molecular weight is 399 g/mol. The fourth-order valence-corrected chi connectivity index (χ4v) is 3.65. The van der Waals surface area contributed by atoms with Crippen LogP contribution in [0.1, 0.15) is 17.0 Å². The predicted octanol–water partition coefficient (Wildman–Crippen LogP) is 3.46. The molecule has 0 saturated heterocycles. The van der Waals surface area contributed by atoms with Crippen LogP contribution in [-0.4, -0.2) is 30.2 Å². The van der Waals surface area contributed by atoms with E-state index in [1.54, 1.807) is 22.9 Å². The number of benzene rings is 2. The second-order valence-electron chi connectivity index (χ2n) is 6.13. The minimum atomic E-state index is -0.193. The van der Waals surface area contributed by atoms with Gasteiger partial charge in [-0.1, -0.05) is 35.5 Å². The molecule has 9 heteroatoms. The maximum Gasteiger partial charge on any atom is 0.258 e. The van der Waals surface area contributed by atoms with E-state index in [4.69, 9.17) is 11.6 Å². The van der Waals surface area contributed by atoms with Crippen LogP contribution in [0.4, 0.5) is 0 Å². The Hall–Kier alpha value is -2.71. The van der Waals surface area contributed by atoms with Crippen molar-refractivity contribution in [1.82, 2.24) is 30.2 Å². The van der Waals surface area contributed by atoms with Gasteiger partial charge in [-0.05, 0) is 59.7 Å². The van der Waals surface area contributed by atoms with Crippen LogP contribution < -0.4 is 5.56 Å². The number of aromatic nitrogens is 6. The number of halogens is 1. The van der Waals surface area contributed by atoms with Gasteiger partial charge in [-0.3, -0.25) is 4.79 Å². The molecule has 0 spiro atoms. The molecule has 0 radical (unpaired) electrons. The molecule has 0 amide bonds. The van der Waals surface area contributed by atoms with Gasteiger partial charge in [0.2, 0.25) is 5.16 Å². The van der Waals surface area contributed by atoms with Gasteiger partial charge in [0.1, 0.15) is 5.82 Å². The number of thioether (sulfide) groups is 1. The van der Waals surface area contributed by atoms with E-state index < -0.39 is 0 Å². The number of nitrogens with zero attached hydrogens (tertiary/aromatic N) is 5. The molecule has 0 aliphatic heterocycles. The van der Waals surface area contributed by atoms with E-state index in [0.29, 0.717) is 32.7 Å². The number of nitrogens with one attached hydrogen (secondary N) is 1. The van der Waals surface area contributed by atoms with E-state index in [1.165, 1.54) is 11.8 Å². The van der Waals surface area contributed by atoms with Crippen molar-refractivity contribution in [3.05, 3.63) is 68.7 Å². The molecular formula is C18H15ClN6OS. The number of H-pyrrole nitrogens is 1. The van der Waals surface area contributed by atoms with Crippen molar-refractivity contribution >= 4 is 34.3 Å². The number of rotatable bonds is 4. The SMILES string of the molecule is Cc1ccc(C)c(-n2nnnc2SCc2nc3cc(Cl)ccc3c(=O)[nH]2)c1. The zero-order valence-corrected chi connectivity index (χ0v) is 16.2. The van der Waals surface area contributed by atoms with Crippen LogP contribution in [0.3, 0.4) is 0 Å². The van der Waals surface area contributed by atoms with Gasteiger partial charge in [0.15, 0.2) is 0 Å². The van der Waals surface area contributed by atoms with Gasteiger partial charge in [-0.15, -0.1) is 5.10 Å². The van der Waals surface area contributed by atoms with Crippen LogP contribution in [0.25, 0.3) is 16.6 Å². The zero-order valence-electron chi connectivity index (χ0n) is 14.6. The lowest BCUT2D eigenvalue weighted by Crippen LogP contribution is -2.11. The molecule has 2 aromatic heterocycles. The summed E-state index contributed by atoms with van der Waals surface area (Å²) in [6.07, 6.45) is 0. The number of hydrogen-bond donors (Lipinski definition) is 1. The molecule has 4 rings (SSSR count). The summed E-state index contributed by atoms with van der Waals surface area (Å²) < 4.78 is 1.70. The number of aryl methyl sites for hydroxylation is 2. The second kappa shape index (κ2) is 7.13. The molecule has 0 atom stereocenters. The zero-order chi connectivity index (χ0) is 19.0. The van der Waals surface area contributed by atoms with Crippen LogP contribution in [0, 0.1) is 13.8 Å². The lowest BCUT2D eigenvalue weighted by molar-refractivity contribution is 0.751. The highest BCUT2D eigenvalue weighted by atomic mass is 35.5. The number of fused-ring (bicyclic) bond motifs is 1. The molecule has 0 bridgehead atoms. The molecule has 2 heterocycles. The number of tetrazole rings is 1. The van der Waals surface area contributed by atoms with Gasteiger partial charge in [-0.2, -0.15) is 4.68 Å². The monoisotopic (exact) mass is 398 g/mol. The Balaban J connectivity index is 1.64. The third kappa shape index (κ3) is 3.58. The van der Waals surface area contributed by atoms with Crippen LogP contribution in [0.5, 0.6) is 0 Å². The number of hydrogen-bond acceptors (Lipinski definition) is 6. The molecule has 2 aromatic carbocycles. The molecule has 0 aliphatic carbocycles. The molecule has 7 nitrogen and oxygen atoms in total. The number of aromatic amines is 1. The van der Waals surface area contributed by atoms with Gasteiger partial charge in [-0.25, -0.2) is 4.98 Å². The van der Waals surface area contributed by atoms with Crippen molar-refractivity contribution < 1.29 is 0 Å². The van der Waals surface area contributed by atoms with Crippen molar-refractivity contribution in [3.63, 3.8) is 0 Å². The van der Waals surface area contributed by atoms with E-state index in [9.17, 15) is 4.79 Å². The Morgan fingerprint density at radius 1 is 1.19 bits per heavy atom. The average Bonchev–Trinajstić information content (AvgIpc) is 3.10. The Labute approximate surface area is 163 Å². The van der Waals surface area contributed by atoms with E-state index in [2.05, 4.69) is 25.5 Å². The topological polar surface area (TPSA) is 89.3 Å². The maximum absolute atomic E-state index is 12.2. The third-order valence-electron chi connectivity index (χ3n) is 4.09. The predicted molar refractivity (Wildman–Crippen MR) is 106 cm³/mol. The molecule has 0 unspecified atom stereocenters. The molecular weight excluding hydrogens is 384 g/mol. The minimum Gasteiger partial charge on any atom is -0.309 e. The highest BCUT2D eigenvalue weighted by molar-refractivity contribution is 7.98. The molecule has 136 valence electrons. The fraction of sp³-hybridized carbons (Fsp3) is 0.167. The summed E-state index contributed by atoms with van der Waals surface area (Å²) in [6, 6.07) is 11.1. The van der Waals surface area contributed by atoms with Crippen molar-refractivity contribution in [1.29, 1.82) is 0 Å². The third-order valence-corrected chi connectivity index (χ3v) is 5.26. The summed E-state index contributed by atoms with van der Waals surface area (Å²) in [6.45, 7) is 4.03. The van der Waals surface area contributed by atoms with Gasteiger partial charge in [0.25, 0.3) is 5.56 Å². The van der Waals surface area contributed by atoms with Crippen LogP contribution >= 0.6 is 23.4 Å². The van der Waals surface area contributed by atoms with Crippen LogP contribution in [-0.2, 0) is 5.75 Å². The van der Waals surface area contributed by atoms with Crippen LogP contribution in [0.15, 0.2) is 46.3 Å². The van der Waals surface area contributed by atoms with Gasteiger partial charge < -0.3 is 4.98 Å². The quantitative estimate of drug-likeness (QED) is 0.529. The lowest BCUT2D eigenvalue weighted by Gasteiger charge is -2.08. The molecule has 4 aromatic rings. The first-order valence-electron chi connectivity index (χ1n) is 8.18. The molecule has 27 heavy (non-hydrogen) atoms. The molecule has 0 aliphatic rings. The van der Waals surface area contributed by atoms with Crippen molar-refractivity contribution in [2.45, 2.75) is 24.8 Å². The van der Waals surface area contributed by atoms with E-state index in [-0.39, 0.29) is 5.56 Å². The van der Waals surface area contributed by atoms with Gasteiger partial charge in [0, 0.05) is 5.02 Å². The van der Waals surface area contributed by atoms with Gasteiger partial charge in [0.05, 0.1) is 22.3 Å². The molecule has 0 saturated carbocycles. The second-order valence-corrected chi connectivity index (χ2v) is 7.50. The fourth-order valence-electron chi connectivity index (χ4n) is 2.73. The first-order valence-corrected chi connectivity index (χ1v) is 9.55. The van der Waals surface area contributed by atoms with Gasteiger partial charge >= 0.3 is 0 Å². The summed E-state index contributed by atoms with van der Waals surface area (Å²) in [5, 5.41) is 13.7. The Kier molecular flexibility index (Phi) is 4.67. The standard InChI is InChI=1S/C18H15ClN6OS/c1-10-3-4-11(2)15(7-10)25-18(22-23-24-25)27-9-16-20-14-8-12(19)5-6-13(14)17(26)21-16/h3-8H,9H2,1-2H3,(H,20,21,26). The van der Waals surface area contributed by atoms with Crippen molar-refractivity contribution in [3.8, 4) is 5.69 Å². The largest absolute Gasteiger partial charge is 0.309 e. The van der Waals surface area contributed by atoms with E-state index in [1.807, 2.05) is 32.0 Å².